The number of amides is 2. The first-order chi connectivity index (χ1) is 17.9. The topological polar surface area (TPSA) is 141 Å². The largest absolute Gasteiger partial charge is 0.465 e. The van der Waals surface area contributed by atoms with Crippen molar-refractivity contribution >= 4 is 46.0 Å². The van der Waals surface area contributed by atoms with Gasteiger partial charge in [0.15, 0.2) is 5.78 Å². The van der Waals surface area contributed by atoms with E-state index >= 15 is 0 Å². The maximum absolute atomic E-state index is 13.6. The number of fused-ring (bicyclic) bond motifs is 1. The van der Waals surface area contributed by atoms with Gasteiger partial charge in [0.2, 0.25) is 0 Å². The number of nitrogens with one attached hydrogen (secondary N) is 2. The number of nitrogens with zero attached hydrogens (tertiary/aromatic N) is 3. The van der Waals surface area contributed by atoms with E-state index in [4.69, 9.17) is 10.5 Å². The molecule has 1 aliphatic carbocycles. The van der Waals surface area contributed by atoms with Crippen LogP contribution in [0.25, 0.3) is 11.0 Å². The summed E-state index contributed by atoms with van der Waals surface area (Å²) in [6.07, 6.45) is 7.57. The van der Waals surface area contributed by atoms with Crippen LogP contribution in [0.1, 0.15) is 58.0 Å². The van der Waals surface area contributed by atoms with Crippen molar-refractivity contribution in [2.24, 2.45) is 0 Å². The van der Waals surface area contributed by atoms with Crippen molar-refractivity contribution in [3.05, 3.63) is 77.7 Å². The number of carbonyl (C=O) groups excluding carboxylic acids is 3. The number of urea groups is 1. The molecule has 2 aromatic carbocycles. The first-order valence-corrected chi connectivity index (χ1v) is 12.0. The summed E-state index contributed by atoms with van der Waals surface area (Å²) in [5.41, 5.74) is 8.82. The smallest absolute Gasteiger partial charge is 0.337 e. The van der Waals surface area contributed by atoms with Crippen LogP contribution in [-0.4, -0.2) is 39.4 Å². The van der Waals surface area contributed by atoms with Gasteiger partial charge >= 0.3 is 12.0 Å². The molecule has 10 nitrogen and oxygen atoms in total. The van der Waals surface area contributed by atoms with Crippen LogP contribution in [0.5, 0.6) is 0 Å². The maximum Gasteiger partial charge on any atom is 0.337 e. The Balaban J connectivity index is 1.38. The third-order valence-electron chi connectivity index (χ3n) is 6.53. The van der Waals surface area contributed by atoms with Crippen LogP contribution in [0.2, 0.25) is 0 Å². The summed E-state index contributed by atoms with van der Waals surface area (Å²) in [5.74, 6) is -0.485. The number of nitrogens with two attached hydrogens (primary N) is 1. The lowest BCUT2D eigenvalue weighted by Crippen LogP contribution is -2.20. The zero-order valence-corrected chi connectivity index (χ0v) is 20.2. The number of ketones is 1. The third kappa shape index (κ3) is 4.86. The first kappa shape index (κ1) is 24.0. The molecule has 37 heavy (non-hydrogen) atoms. The number of nitrogen functional groups attached to an aromatic ring is 1. The lowest BCUT2D eigenvalue weighted by molar-refractivity contribution is 0.0600. The van der Waals surface area contributed by atoms with Crippen LogP contribution < -0.4 is 16.4 Å². The lowest BCUT2D eigenvalue weighted by Gasteiger charge is -2.12. The predicted molar refractivity (Wildman–Crippen MR) is 140 cm³/mol. The molecule has 0 atom stereocenters. The Morgan fingerprint density at radius 3 is 2.30 bits per heavy atom. The number of methoxy groups -OCH3 is 1. The fourth-order valence-electron chi connectivity index (χ4n) is 4.77. The second kappa shape index (κ2) is 10.1. The average molecular weight is 499 g/mol. The van der Waals surface area contributed by atoms with Crippen molar-refractivity contribution in [3.8, 4) is 0 Å². The van der Waals surface area contributed by atoms with Crippen LogP contribution >= 0.6 is 0 Å². The second-order valence-corrected chi connectivity index (χ2v) is 8.91. The van der Waals surface area contributed by atoms with E-state index in [1.54, 1.807) is 42.5 Å². The number of rotatable bonds is 6. The molecule has 4 aromatic rings. The van der Waals surface area contributed by atoms with Gasteiger partial charge in [0.05, 0.1) is 23.6 Å². The number of esters is 1. The Morgan fingerprint density at radius 1 is 0.973 bits per heavy atom. The molecule has 1 fully saturated rings. The minimum Gasteiger partial charge on any atom is -0.465 e. The number of carbonyl (C=O) groups is 3. The summed E-state index contributed by atoms with van der Waals surface area (Å²) < 4.78 is 6.76. The van der Waals surface area contributed by atoms with Crippen LogP contribution in [-0.2, 0) is 4.74 Å². The normalized spacial score (nSPS) is 13.4. The van der Waals surface area contributed by atoms with Gasteiger partial charge in [-0.05, 0) is 43.2 Å². The zero-order valence-electron chi connectivity index (χ0n) is 20.2. The highest BCUT2D eigenvalue weighted by atomic mass is 16.5. The van der Waals surface area contributed by atoms with Gasteiger partial charge in [-0.15, -0.1) is 0 Å². The number of hydrogen-bond acceptors (Lipinski definition) is 7. The van der Waals surface area contributed by atoms with Gasteiger partial charge in [-0.2, -0.15) is 0 Å². The van der Waals surface area contributed by atoms with Crippen molar-refractivity contribution in [2.75, 3.05) is 23.5 Å². The minimum atomic E-state index is -0.526. The van der Waals surface area contributed by atoms with E-state index in [9.17, 15) is 14.4 Å². The van der Waals surface area contributed by atoms with Gasteiger partial charge in [0.1, 0.15) is 17.8 Å². The third-order valence-corrected chi connectivity index (χ3v) is 6.53. The molecule has 2 amide bonds. The van der Waals surface area contributed by atoms with Crippen LogP contribution in [0.4, 0.5) is 22.0 Å². The van der Waals surface area contributed by atoms with E-state index in [1.165, 1.54) is 19.5 Å². The molecule has 188 valence electrons. The monoisotopic (exact) mass is 498 g/mol. The van der Waals surface area contributed by atoms with Crippen molar-refractivity contribution in [3.63, 3.8) is 0 Å². The number of hydrogen-bond donors (Lipinski definition) is 3. The molecule has 1 aliphatic rings. The highest BCUT2D eigenvalue weighted by molar-refractivity contribution is 6.18. The summed E-state index contributed by atoms with van der Waals surface area (Å²) >= 11 is 0. The van der Waals surface area contributed by atoms with Gasteiger partial charge in [0, 0.05) is 29.2 Å². The van der Waals surface area contributed by atoms with Crippen LogP contribution in [0.15, 0.2) is 61.1 Å². The van der Waals surface area contributed by atoms with Gasteiger partial charge in [-0.3, -0.25) is 4.79 Å². The standard InChI is InChI=1S/C27H26N6O4/c1-37-26(35)17-7-5-9-19(13-17)32-27(36)31-18-8-4-6-16(12-18)23(34)21-14-33(20-10-2-3-11-20)25-22(21)24(28)29-15-30-25/h4-9,12-15,20H,2-3,10-11H2,1H3,(H2,28,29,30)(H2,31,32,36). The van der Waals surface area contributed by atoms with E-state index in [0.29, 0.717) is 39.1 Å². The minimum absolute atomic E-state index is 0.238. The molecule has 0 saturated heterocycles. The number of benzene rings is 2. The van der Waals surface area contributed by atoms with Crippen LogP contribution in [0, 0.1) is 0 Å². The molecule has 0 aliphatic heterocycles. The number of anilines is 3. The zero-order chi connectivity index (χ0) is 25.9. The van der Waals surface area contributed by atoms with Crippen molar-refractivity contribution in [2.45, 2.75) is 31.7 Å². The van der Waals surface area contributed by atoms with Gasteiger partial charge in [-0.25, -0.2) is 19.6 Å². The number of ether oxygens (including phenoxy) is 1. The maximum atomic E-state index is 13.6. The van der Waals surface area contributed by atoms with Crippen LogP contribution in [0.3, 0.4) is 0 Å². The predicted octanol–water partition coefficient (Wildman–Crippen LogP) is 4.79. The molecule has 0 unspecified atom stereocenters. The average Bonchev–Trinajstić information content (AvgIpc) is 3.57. The fraction of sp³-hybridized carbons (Fsp3) is 0.222. The van der Waals surface area contributed by atoms with E-state index in [2.05, 4.69) is 20.6 Å². The van der Waals surface area contributed by atoms with Gasteiger partial charge in [0.25, 0.3) is 0 Å². The highest BCUT2D eigenvalue weighted by Crippen LogP contribution is 2.35. The molecule has 2 heterocycles. The van der Waals surface area contributed by atoms with E-state index in [-0.39, 0.29) is 17.6 Å². The summed E-state index contributed by atoms with van der Waals surface area (Å²) in [7, 11) is 1.29. The Kier molecular flexibility index (Phi) is 6.55. The summed E-state index contributed by atoms with van der Waals surface area (Å²) in [4.78, 5) is 46.5. The summed E-state index contributed by atoms with van der Waals surface area (Å²) in [5, 5.41) is 5.95. The molecular formula is C27H26N6O4. The lowest BCUT2D eigenvalue weighted by atomic mass is 10.0. The molecule has 10 heteroatoms. The Hall–Kier alpha value is -4.73. The summed E-state index contributed by atoms with van der Waals surface area (Å²) in [6, 6.07) is 12.8. The molecule has 2 aromatic heterocycles. The van der Waals surface area contributed by atoms with E-state index < -0.39 is 12.0 Å². The molecule has 0 radical (unpaired) electrons. The fourth-order valence-corrected chi connectivity index (χ4v) is 4.77. The number of aromatic nitrogens is 3. The Morgan fingerprint density at radius 2 is 1.62 bits per heavy atom. The molecule has 1 saturated carbocycles. The quantitative estimate of drug-likeness (QED) is 0.256. The first-order valence-electron chi connectivity index (χ1n) is 12.0. The molecule has 5 rings (SSSR count). The highest BCUT2D eigenvalue weighted by Gasteiger charge is 2.25. The summed E-state index contributed by atoms with van der Waals surface area (Å²) in [6.45, 7) is 0. The second-order valence-electron chi connectivity index (χ2n) is 8.91. The van der Waals surface area contributed by atoms with Crippen molar-refractivity contribution in [1.29, 1.82) is 0 Å². The Bertz CT molecular complexity index is 1510. The van der Waals surface area contributed by atoms with Crippen molar-refractivity contribution < 1.29 is 19.1 Å². The van der Waals surface area contributed by atoms with Gasteiger partial charge in [-0.1, -0.05) is 31.0 Å². The molecule has 0 spiro atoms. The van der Waals surface area contributed by atoms with Crippen molar-refractivity contribution in [1.82, 2.24) is 14.5 Å². The molecular weight excluding hydrogens is 472 g/mol. The molecule has 0 bridgehead atoms. The van der Waals surface area contributed by atoms with E-state index in [1.807, 2.05) is 10.8 Å². The van der Waals surface area contributed by atoms with Gasteiger partial charge < -0.3 is 25.7 Å². The van der Waals surface area contributed by atoms with E-state index in [0.717, 1.165) is 25.7 Å². The Labute approximate surface area is 212 Å². The SMILES string of the molecule is COC(=O)c1cccc(NC(=O)Nc2cccc(C(=O)c3cn(C4CCCC4)c4ncnc(N)c34)c2)c1. The molecule has 4 N–H and O–H groups in total.